The number of carbonyl (C=O) groups excluding carboxylic acids is 1. The number of anilines is 1. The summed E-state index contributed by atoms with van der Waals surface area (Å²) in [6.45, 7) is 1.01. The molecule has 0 saturated carbocycles. The van der Waals surface area contributed by atoms with E-state index in [0.29, 0.717) is 25.4 Å². The van der Waals surface area contributed by atoms with Gasteiger partial charge in [-0.1, -0.05) is 18.2 Å². The zero-order valence-corrected chi connectivity index (χ0v) is 17.1. The van der Waals surface area contributed by atoms with Crippen molar-refractivity contribution in [2.75, 3.05) is 19.0 Å². The molecule has 0 radical (unpaired) electrons. The van der Waals surface area contributed by atoms with Gasteiger partial charge in [-0.25, -0.2) is 9.78 Å². The van der Waals surface area contributed by atoms with Crippen molar-refractivity contribution in [3.8, 4) is 17.2 Å². The Bertz CT molecular complexity index is 1120. The predicted octanol–water partition coefficient (Wildman–Crippen LogP) is 3.96. The van der Waals surface area contributed by atoms with Crippen molar-refractivity contribution in [2.45, 2.75) is 13.0 Å². The van der Waals surface area contributed by atoms with Crippen LogP contribution in [0.15, 0.2) is 77.7 Å². The highest BCUT2D eigenvalue weighted by atomic mass is 16.5. The topological polar surface area (TPSA) is 94.2 Å². The number of para-hydroxylation sites is 1. The number of rotatable bonds is 8. The number of methoxy groups -OCH3 is 1. The van der Waals surface area contributed by atoms with Crippen molar-refractivity contribution in [2.24, 2.45) is 0 Å². The first-order valence-corrected chi connectivity index (χ1v) is 9.90. The van der Waals surface area contributed by atoms with Gasteiger partial charge in [0.15, 0.2) is 0 Å². The van der Waals surface area contributed by atoms with Gasteiger partial charge in [-0.05, 0) is 42.0 Å². The number of benzene rings is 2. The molecular weight excluding hydrogens is 394 g/mol. The number of aromatic nitrogens is 3. The summed E-state index contributed by atoms with van der Waals surface area (Å²) >= 11 is 0. The number of nitrogens with one attached hydrogen (secondary N) is 2. The second kappa shape index (κ2) is 9.62. The maximum atomic E-state index is 12.3. The van der Waals surface area contributed by atoms with Gasteiger partial charge in [0.05, 0.1) is 19.3 Å². The first-order valence-electron chi connectivity index (χ1n) is 9.90. The van der Waals surface area contributed by atoms with Crippen LogP contribution in [0.4, 0.5) is 10.5 Å². The van der Waals surface area contributed by atoms with Crippen LogP contribution in [0.2, 0.25) is 0 Å². The van der Waals surface area contributed by atoms with Crippen molar-refractivity contribution >= 4 is 11.7 Å². The van der Waals surface area contributed by atoms with Gasteiger partial charge >= 0.3 is 6.03 Å². The molecular formula is C23H23N5O3. The molecule has 2 heterocycles. The van der Waals surface area contributed by atoms with Crippen molar-refractivity contribution in [3.05, 3.63) is 84.5 Å². The van der Waals surface area contributed by atoms with Crippen LogP contribution in [-0.2, 0) is 13.0 Å². The lowest BCUT2D eigenvalue weighted by molar-refractivity contribution is 0.252. The molecule has 0 aliphatic carbocycles. The molecule has 8 nitrogen and oxygen atoms in total. The molecule has 8 heteroatoms. The molecule has 2 aromatic carbocycles. The Morgan fingerprint density at radius 1 is 1.13 bits per heavy atom. The van der Waals surface area contributed by atoms with Gasteiger partial charge in [-0.3, -0.25) is 4.68 Å². The minimum Gasteiger partial charge on any atom is -0.497 e. The fourth-order valence-corrected chi connectivity index (χ4v) is 3.11. The zero-order valence-electron chi connectivity index (χ0n) is 17.1. The minimum absolute atomic E-state index is 0.271. The van der Waals surface area contributed by atoms with Crippen LogP contribution in [0.25, 0.3) is 11.5 Å². The van der Waals surface area contributed by atoms with Gasteiger partial charge < -0.3 is 19.8 Å². The third-order valence-electron chi connectivity index (χ3n) is 4.71. The van der Waals surface area contributed by atoms with Crippen molar-refractivity contribution in [1.29, 1.82) is 0 Å². The lowest BCUT2D eigenvalue weighted by Crippen LogP contribution is -2.31. The van der Waals surface area contributed by atoms with Gasteiger partial charge in [0.2, 0.25) is 5.89 Å². The highest BCUT2D eigenvalue weighted by Gasteiger charge is 2.09. The molecule has 0 aliphatic rings. The number of amides is 2. The third kappa shape index (κ3) is 5.30. The smallest absolute Gasteiger partial charge is 0.319 e. The number of urea groups is 1. The van der Waals surface area contributed by atoms with Crippen molar-refractivity contribution < 1.29 is 13.9 Å². The summed E-state index contributed by atoms with van der Waals surface area (Å²) in [4.78, 5) is 16.8. The Labute approximate surface area is 179 Å². The molecule has 2 aromatic heterocycles. The van der Waals surface area contributed by atoms with Gasteiger partial charge in [-0.2, -0.15) is 5.10 Å². The molecule has 4 rings (SSSR count). The van der Waals surface area contributed by atoms with Gasteiger partial charge in [-0.15, -0.1) is 0 Å². The van der Waals surface area contributed by atoms with E-state index in [1.807, 2.05) is 65.5 Å². The monoisotopic (exact) mass is 417 g/mol. The SMILES string of the molecule is COc1ccc(-c2nc(CCNC(=O)Nc3ccccc3Cn3cccn3)co2)cc1. The van der Waals surface area contributed by atoms with E-state index in [0.717, 1.165) is 28.3 Å². The summed E-state index contributed by atoms with van der Waals surface area (Å²) in [5.74, 6) is 1.31. The van der Waals surface area contributed by atoms with Crippen LogP contribution >= 0.6 is 0 Å². The highest BCUT2D eigenvalue weighted by Crippen LogP contribution is 2.22. The molecule has 2 amide bonds. The van der Waals surface area contributed by atoms with Crippen LogP contribution in [0.1, 0.15) is 11.3 Å². The molecule has 0 bridgehead atoms. The van der Waals surface area contributed by atoms with E-state index in [1.54, 1.807) is 19.6 Å². The van der Waals surface area contributed by atoms with E-state index in [1.165, 1.54) is 0 Å². The largest absolute Gasteiger partial charge is 0.497 e. The molecule has 0 atom stereocenters. The predicted molar refractivity (Wildman–Crippen MR) is 117 cm³/mol. The average Bonchev–Trinajstić information content (AvgIpc) is 3.48. The maximum absolute atomic E-state index is 12.3. The summed E-state index contributed by atoms with van der Waals surface area (Å²) in [6, 6.07) is 16.8. The molecule has 2 N–H and O–H groups in total. The molecule has 158 valence electrons. The summed E-state index contributed by atoms with van der Waals surface area (Å²) in [7, 11) is 1.62. The van der Waals surface area contributed by atoms with Crippen molar-refractivity contribution in [1.82, 2.24) is 20.1 Å². The fourth-order valence-electron chi connectivity index (χ4n) is 3.11. The van der Waals surface area contributed by atoms with E-state index >= 15 is 0 Å². The van der Waals surface area contributed by atoms with E-state index in [-0.39, 0.29) is 6.03 Å². The van der Waals surface area contributed by atoms with E-state index in [2.05, 4.69) is 20.7 Å². The first kappa shape index (κ1) is 20.2. The molecule has 0 unspecified atom stereocenters. The van der Waals surface area contributed by atoms with Gasteiger partial charge in [0.25, 0.3) is 0 Å². The molecule has 0 saturated heterocycles. The first-order chi connectivity index (χ1) is 15.2. The van der Waals surface area contributed by atoms with E-state index < -0.39 is 0 Å². The van der Waals surface area contributed by atoms with E-state index in [4.69, 9.17) is 9.15 Å². The zero-order chi connectivity index (χ0) is 21.5. The van der Waals surface area contributed by atoms with Gasteiger partial charge in [0, 0.05) is 36.6 Å². The Balaban J connectivity index is 1.29. The highest BCUT2D eigenvalue weighted by molar-refractivity contribution is 5.90. The number of hydrogen-bond donors (Lipinski definition) is 2. The Hall–Kier alpha value is -4.07. The number of hydrogen-bond acceptors (Lipinski definition) is 5. The fraction of sp³-hybridized carbons (Fsp3) is 0.174. The third-order valence-corrected chi connectivity index (χ3v) is 4.71. The number of ether oxygens (including phenoxy) is 1. The number of oxazole rings is 1. The van der Waals surface area contributed by atoms with Crippen LogP contribution < -0.4 is 15.4 Å². The number of nitrogens with zero attached hydrogens (tertiary/aromatic N) is 3. The van der Waals surface area contributed by atoms with E-state index in [9.17, 15) is 4.79 Å². The maximum Gasteiger partial charge on any atom is 0.319 e. The molecule has 0 fully saturated rings. The lowest BCUT2D eigenvalue weighted by atomic mass is 10.2. The average molecular weight is 417 g/mol. The summed E-state index contributed by atoms with van der Waals surface area (Å²) in [5.41, 5.74) is 3.36. The summed E-state index contributed by atoms with van der Waals surface area (Å²) in [5, 5.41) is 9.98. The van der Waals surface area contributed by atoms with Crippen LogP contribution in [-0.4, -0.2) is 34.5 Å². The summed E-state index contributed by atoms with van der Waals surface area (Å²) < 4.78 is 12.5. The second-order valence-electron chi connectivity index (χ2n) is 6.86. The molecule has 0 aliphatic heterocycles. The normalized spacial score (nSPS) is 10.6. The van der Waals surface area contributed by atoms with Gasteiger partial charge in [0.1, 0.15) is 12.0 Å². The molecule has 31 heavy (non-hydrogen) atoms. The lowest BCUT2D eigenvalue weighted by Gasteiger charge is -2.12. The molecule has 0 spiro atoms. The number of carbonyl (C=O) groups is 1. The Morgan fingerprint density at radius 2 is 1.97 bits per heavy atom. The van der Waals surface area contributed by atoms with Crippen LogP contribution in [0.5, 0.6) is 5.75 Å². The molecule has 4 aromatic rings. The minimum atomic E-state index is -0.271. The standard InChI is InChI=1S/C23H23N5O3/c1-30-20-9-7-17(8-10-20)22-26-19(16-31-22)11-13-24-23(29)27-21-6-3-2-5-18(21)15-28-14-4-12-25-28/h2-10,12,14,16H,11,13,15H2,1H3,(H2,24,27,29). The summed E-state index contributed by atoms with van der Waals surface area (Å²) in [6.07, 6.45) is 5.78. The van der Waals surface area contributed by atoms with Crippen LogP contribution in [0, 0.1) is 0 Å². The van der Waals surface area contributed by atoms with Crippen LogP contribution in [0.3, 0.4) is 0 Å². The second-order valence-corrected chi connectivity index (χ2v) is 6.86. The Morgan fingerprint density at radius 3 is 2.74 bits per heavy atom. The Kier molecular flexibility index (Phi) is 6.27. The quantitative estimate of drug-likeness (QED) is 0.453. The van der Waals surface area contributed by atoms with Crippen molar-refractivity contribution in [3.63, 3.8) is 0 Å².